The first kappa shape index (κ1) is 14.1. The first-order valence-corrected chi connectivity index (χ1v) is 7.63. The van der Waals surface area contributed by atoms with E-state index in [1.807, 2.05) is 17.9 Å². The van der Waals surface area contributed by atoms with Crippen LogP contribution in [0.15, 0.2) is 6.20 Å². The Kier molecular flexibility index (Phi) is 3.92. The van der Waals surface area contributed by atoms with Crippen LogP contribution in [0.1, 0.15) is 13.8 Å². The van der Waals surface area contributed by atoms with E-state index in [4.69, 9.17) is 4.98 Å². The molecule has 1 aliphatic rings. The van der Waals surface area contributed by atoms with E-state index in [2.05, 4.69) is 39.0 Å². The maximum atomic E-state index is 4.71. The SMILES string of the molecule is CCNc1nc(N2CCN(CC)CC2)c2cnn(C)c2n1. The molecule has 0 unspecified atom stereocenters. The van der Waals surface area contributed by atoms with E-state index in [9.17, 15) is 0 Å². The maximum absolute atomic E-state index is 4.71. The average molecular weight is 289 g/mol. The minimum absolute atomic E-state index is 0.682. The molecule has 7 heteroatoms. The summed E-state index contributed by atoms with van der Waals surface area (Å²) in [5, 5.41) is 8.58. The minimum atomic E-state index is 0.682. The smallest absolute Gasteiger partial charge is 0.226 e. The topological polar surface area (TPSA) is 62.1 Å². The lowest BCUT2D eigenvalue weighted by molar-refractivity contribution is 0.271. The van der Waals surface area contributed by atoms with Gasteiger partial charge < -0.3 is 15.1 Å². The highest BCUT2D eigenvalue weighted by molar-refractivity contribution is 5.88. The fourth-order valence-corrected chi connectivity index (χ4v) is 2.76. The van der Waals surface area contributed by atoms with Crippen LogP contribution in [0.3, 0.4) is 0 Å². The van der Waals surface area contributed by atoms with Crippen molar-refractivity contribution in [3.8, 4) is 0 Å². The van der Waals surface area contributed by atoms with Gasteiger partial charge in [0.2, 0.25) is 5.95 Å². The van der Waals surface area contributed by atoms with Crippen molar-refractivity contribution in [1.82, 2.24) is 24.6 Å². The summed E-state index contributed by atoms with van der Waals surface area (Å²) in [6, 6.07) is 0. The highest BCUT2D eigenvalue weighted by atomic mass is 15.3. The first-order valence-electron chi connectivity index (χ1n) is 7.63. The van der Waals surface area contributed by atoms with Gasteiger partial charge in [-0.05, 0) is 13.5 Å². The van der Waals surface area contributed by atoms with Gasteiger partial charge in [0.15, 0.2) is 5.65 Å². The third-order valence-corrected chi connectivity index (χ3v) is 4.03. The third kappa shape index (κ3) is 2.65. The summed E-state index contributed by atoms with van der Waals surface area (Å²) >= 11 is 0. The Bertz CT molecular complexity index is 613. The van der Waals surface area contributed by atoms with Crippen molar-refractivity contribution in [1.29, 1.82) is 0 Å². The second-order valence-electron chi connectivity index (χ2n) is 5.33. The molecule has 0 spiro atoms. The molecule has 21 heavy (non-hydrogen) atoms. The molecular weight excluding hydrogens is 266 g/mol. The van der Waals surface area contributed by atoms with Crippen LogP contribution >= 0.6 is 0 Å². The Morgan fingerprint density at radius 2 is 1.90 bits per heavy atom. The van der Waals surface area contributed by atoms with Crippen molar-refractivity contribution < 1.29 is 0 Å². The Hall–Kier alpha value is -1.89. The summed E-state index contributed by atoms with van der Waals surface area (Å²) < 4.78 is 1.81. The zero-order valence-corrected chi connectivity index (χ0v) is 13.0. The van der Waals surface area contributed by atoms with E-state index in [0.29, 0.717) is 5.95 Å². The van der Waals surface area contributed by atoms with E-state index >= 15 is 0 Å². The van der Waals surface area contributed by atoms with Crippen LogP contribution in [-0.4, -0.2) is 63.9 Å². The molecule has 114 valence electrons. The molecule has 0 atom stereocenters. The molecule has 0 radical (unpaired) electrons. The molecule has 0 bridgehead atoms. The summed E-state index contributed by atoms with van der Waals surface area (Å²) in [5.74, 6) is 1.68. The van der Waals surface area contributed by atoms with Gasteiger partial charge >= 0.3 is 0 Å². The van der Waals surface area contributed by atoms with Crippen molar-refractivity contribution >= 4 is 22.8 Å². The lowest BCUT2D eigenvalue weighted by Crippen LogP contribution is -2.46. The number of nitrogens with one attached hydrogen (secondary N) is 1. The number of likely N-dealkylation sites (N-methyl/N-ethyl adjacent to an activating group) is 1. The molecule has 0 aliphatic carbocycles. The van der Waals surface area contributed by atoms with Gasteiger partial charge in [0.25, 0.3) is 0 Å². The monoisotopic (exact) mass is 289 g/mol. The number of aryl methyl sites for hydroxylation is 1. The Balaban J connectivity index is 1.96. The Morgan fingerprint density at radius 3 is 2.57 bits per heavy atom. The first-order chi connectivity index (χ1) is 10.2. The lowest BCUT2D eigenvalue weighted by Gasteiger charge is -2.35. The fraction of sp³-hybridized carbons (Fsp3) is 0.643. The second-order valence-corrected chi connectivity index (χ2v) is 5.33. The quantitative estimate of drug-likeness (QED) is 0.904. The van der Waals surface area contributed by atoms with Crippen molar-refractivity contribution in [2.24, 2.45) is 7.05 Å². The van der Waals surface area contributed by atoms with Gasteiger partial charge in [-0.2, -0.15) is 15.1 Å². The van der Waals surface area contributed by atoms with Crippen LogP contribution in [0.4, 0.5) is 11.8 Å². The highest BCUT2D eigenvalue weighted by Gasteiger charge is 2.21. The van der Waals surface area contributed by atoms with Crippen LogP contribution in [0.2, 0.25) is 0 Å². The normalized spacial score (nSPS) is 16.6. The van der Waals surface area contributed by atoms with Crippen LogP contribution in [0, 0.1) is 0 Å². The van der Waals surface area contributed by atoms with E-state index < -0.39 is 0 Å². The number of rotatable bonds is 4. The number of anilines is 2. The molecule has 0 saturated carbocycles. The largest absolute Gasteiger partial charge is 0.354 e. The summed E-state index contributed by atoms with van der Waals surface area (Å²) in [6.07, 6.45) is 1.87. The fourth-order valence-electron chi connectivity index (χ4n) is 2.76. The number of aromatic nitrogens is 4. The van der Waals surface area contributed by atoms with Gasteiger partial charge in [-0.15, -0.1) is 0 Å². The summed E-state index contributed by atoms with van der Waals surface area (Å²) in [7, 11) is 1.92. The number of fused-ring (bicyclic) bond motifs is 1. The molecule has 3 rings (SSSR count). The van der Waals surface area contributed by atoms with Crippen LogP contribution < -0.4 is 10.2 Å². The zero-order valence-electron chi connectivity index (χ0n) is 13.0. The average Bonchev–Trinajstić information content (AvgIpc) is 2.89. The van der Waals surface area contributed by atoms with Gasteiger partial charge in [0, 0.05) is 39.8 Å². The van der Waals surface area contributed by atoms with E-state index in [1.54, 1.807) is 0 Å². The standard InChI is InChI=1S/C14H23N7/c1-4-15-14-17-12-11(10-16-19(12)3)13(18-14)21-8-6-20(5-2)7-9-21/h10H,4-9H2,1-3H3,(H,15,17,18). The van der Waals surface area contributed by atoms with Crippen molar-refractivity contribution in [2.45, 2.75) is 13.8 Å². The molecule has 1 N–H and O–H groups in total. The number of hydrogen-bond acceptors (Lipinski definition) is 6. The number of hydrogen-bond donors (Lipinski definition) is 1. The molecular formula is C14H23N7. The predicted octanol–water partition coefficient (Wildman–Crippen LogP) is 0.937. The number of nitrogens with zero attached hydrogens (tertiary/aromatic N) is 6. The highest BCUT2D eigenvalue weighted by Crippen LogP contribution is 2.25. The molecule has 1 fully saturated rings. The number of piperazine rings is 1. The van der Waals surface area contributed by atoms with Gasteiger partial charge in [0.05, 0.1) is 11.6 Å². The summed E-state index contributed by atoms with van der Waals surface area (Å²) in [5.41, 5.74) is 0.883. The van der Waals surface area contributed by atoms with Crippen molar-refractivity contribution in [2.75, 3.05) is 49.5 Å². The van der Waals surface area contributed by atoms with Crippen molar-refractivity contribution in [3.63, 3.8) is 0 Å². The van der Waals surface area contributed by atoms with Gasteiger partial charge in [-0.3, -0.25) is 4.68 Å². The molecule has 0 amide bonds. The molecule has 2 aromatic rings. The molecule has 1 aliphatic heterocycles. The Morgan fingerprint density at radius 1 is 1.14 bits per heavy atom. The molecule has 1 saturated heterocycles. The minimum Gasteiger partial charge on any atom is -0.354 e. The van der Waals surface area contributed by atoms with Gasteiger partial charge in [-0.1, -0.05) is 6.92 Å². The molecule has 7 nitrogen and oxygen atoms in total. The zero-order chi connectivity index (χ0) is 14.8. The van der Waals surface area contributed by atoms with Gasteiger partial charge in [-0.25, -0.2) is 0 Å². The molecule has 0 aromatic carbocycles. The van der Waals surface area contributed by atoms with E-state index in [-0.39, 0.29) is 0 Å². The molecule has 3 heterocycles. The maximum Gasteiger partial charge on any atom is 0.226 e. The van der Waals surface area contributed by atoms with Crippen LogP contribution in [-0.2, 0) is 7.05 Å². The summed E-state index contributed by atoms with van der Waals surface area (Å²) in [6.45, 7) is 10.4. The van der Waals surface area contributed by atoms with Crippen molar-refractivity contribution in [3.05, 3.63) is 6.20 Å². The van der Waals surface area contributed by atoms with Crippen LogP contribution in [0.25, 0.3) is 11.0 Å². The summed E-state index contributed by atoms with van der Waals surface area (Å²) in [4.78, 5) is 14.1. The van der Waals surface area contributed by atoms with Gasteiger partial charge in [0.1, 0.15) is 5.82 Å². The predicted molar refractivity (Wildman–Crippen MR) is 84.8 cm³/mol. The lowest BCUT2D eigenvalue weighted by atomic mass is 10.3. The van der Waals surface area contributed by atoms with E-state index in [1.165, 1.54) is 0 Å². The van der Waals surface area contributed by atoms with Crippen LogP contribution in [0.5, 0.6) is 0 Å². The third-order valence-electron chi connectivity index (χ3n) is 4.03. The Labute approximate surface area is 125 Å². The second kappa shape index (κ2) is 5.85. The molecule has 2 aromatic heterocycles. The van der Waals surface area contributed by atoms with E-state index in [0.717, 1.165) is 56.1 Å².